The van der Waals surface area contributed by atoms with E-state index in [9.17, 15) is 0 Å². The van der Waals surface area contributed by atoms with Gasteiger partial charge in [0.1, 0.15) is 0 Å². The Labute approximate surface area is 106 Å². The van der Waals surface area contributed by atoms with E-state index in [0.717, 1.165) is 37.1 Å². The number of benzene rings is 1. The molecule has 1 aromatic carbocycles. The van der Waals surface area contributed by atoms with Crippen molar-refractivity contribution in [3.8, 4) is 0 Å². The molecule has 1 heterocycles. The number of hydrogen-bond donors (Lipinski definition) is 0. The molecule has 0 radical (unpaired) electrons. The Hall–Kier alpha value is -0.380. The molecular formula is C13H18BrNO. The SMILES string of the molecule is CC1CN(CCc2ccc(Br)cc2)CCO1. The summed E-state index contributed by atoms with van der Waals surface area (Å²) in [6.07, 6.45) is 1.51. The second kappa shape index (κ2) is 5.80. The molecule has 1 unspecified atom stereocenters. The number of morpholine rings is 1. The summed E-state index contributed by atoms with van der Waals surface area (Å²) in [5, 5.41) is 0. The largest absolute Gasteiger partial charge is 0.376 e. The van der Waals surface area contributed by atoms with Crippen LogP contribution < -0.4 is 0 Å². The molecule has 0 aromatic heterocycles. The first-order valence-corrected chi connectivity index (χ1v) is 6.62. The van der Waals surface area contributed by atoms with Gasteiger partial charge in [-0.1, -0.05) is 28.1 Å². The molecular weight excluding hydrogens is 266 g/mol. The van der Waals surface area contributed by atoms with Gasteiger partial charge in [-0.15, -0.1) is 0 Å². The van der Waals surface area contributed by atoms with Crippen molar-refractivity contribution < 1.29 is 4.74 Å². The lowest BCUT2D eigenvalue weighted by Gasteiger charge is -2.31. The minimum absolute atomic E-state index is 0.388. The zero-order valence-electron chi connectivity index (χ0n) is 9.66. The fourth-order valence-corrected chi connectivity index (χ4v) is 2.30. The molecule has 1 atom stereocenters. The molecule has 0 amide bonds. The van der Waals surface area contributed by atoms with Gasteiger partial charge < -0.3 is 4.74 Å². The van der Waals surface area contributed by atoms with Crippen molar-refractivity contribution in [2.75, 3.05) is 26.2 Å². The van der Waals surface area contributed by atoms with Crippen LogP contribution in [0, 0.1) is 0 Å². The summed E-state index contributed by atoms with van der Waals surface area (Å²) in [5.74, 6) is 0. The van der Waals surface area contributed by atoms with Crippen LogP contribution in [0.3, 0.4) is 0 Å². The number of ether oxygens (including phenoxy) is 1. The molecule has 2 nitrogen and oxygen atoms in total. The standard InChI is InChI=1S/C13H18BrNO/c1-11-10-15(8-9-16-11)7-6-12-2-4-13(14)5-3-12/h2-5,11H,6-10H2,1H3. The van der Waals surface area contributed by atoms with Gasteiger partial charge >= 0.3 is 0 Å². The molecule has 0 spiro atoms. The van der Waals surface area contributed by atoms with Crippen molar-refractivity contribution in [3.63, 3.8) is 0 Å². The molecule has 1 fully saturated rings. The second-order valence-corrected chi connectivity index (χ2v) is 5.27. The van der Waals surface area contributed by atoms with E-state index in [1.807, 2.05) is 0 Å². The van der Waals surface area contributed by atoms with E-state index in [-0.39, 0.29) is 0 Å². The lowest BCUT2D eigenvalue weighted by atomic mass is 10.1. The molecule has 88 valence electrons. The molecule has 2 rings (SSSR count). The highest BCUT2D eigenvalue weighted by molar-refractivity contribution is 9.10. The van der Waals surface area contributed by atoms with Crippen LogP contribution in [-0.4, -0.2) is 37.2 Å². The maximum atomic E-state index is 5.53. The smallest absolute Gasteiger partial charge is 0.0674 e. The zero-order valence-corrected chi connectivity index (χ0v) is 11.2. The summed E-state index contributed by atoms with van der Waals surface area (Å²) in [6.45, 7) is 6.29. The van der Waals surface area contributed by atoms with E-state index in [4.69, 9.17) is 4.74 Å². The highest BCUT2D eigenvalue weighted by Crippen LogP contribution is 2.12. The van der Waals surface area contributed by atoms with Crippen LogP contribution >= 0.6 is 15.9 Å². The number of hydrogen-bond acceptors (Lipinski definition) is 2. The third-order valence-electron chi connectivity index (χ3n) is 2.96. The van der Waals surface area contributed by atoms with Gasteiger partial charge in [-0.25, -0.2) is 0 Å². The van der Waals surface area contributed by atoms with E-state index in [1.165, 1.54) is 5.56 Å². The summed E-state index contributed by atoms with van der Waals surface area (Å²) >= 11 is 3.45. The minimum Gasteiger partial charge on any atom is -0.376 e. The Kier molecular flexibility index (Phi) is 4.38. The third kappa shape index (κ3) is 3.58. The fraction of sp³-hybridized carbons (Fsp3) is 0.538. The second-order valence-electron chi connectivity index (χ2n) is 4.36. The normalized spacial score (nSPS) is 22.2. The molecule has 1 saturated heterocycles. The maximum absolute atomic E-state index is 5.53. The molecule has 1 aliphatic heterocycles. The van der Waals surface area contributed by atoms with Crippen molar-refractivity contribution in [1.82, 2.24) is 4.90 Å². The van der Waals surface area contributed by atoms with E-state index in [2.05, 4.69) is 52.0 Å². The summed E-state index contributed by atoms with van der Waals surface area (Å²) in [5.41, 5.74) is 1.40. The predicted octanol–water partition coefficient (Wildman–Crippen LogP) is 2.71. The van der Waals surface area contributed by atoms with Crippen molar-refractivity contribution in [3.05, 3.63) is 34.3 Å². The van der Waals surface area contributed by atoms with Crippen molar-refractivity contribution in [2.45, 2.75) is 19.4 Å². The quantitative estimate of drug-likeness (QED) is 0.846. The van der Waals surface area contributed by atoms with Crippen molar-refractivity contribution >= 4 is 15.9 Å². The predicted molar refractivity (Wildman–Crippen MR) is 69.7 cm³/mol. The maximum Gasteiger partial charge on any atom is 0.0674 e. The first-order valence-electron chi connectivity index (χ1n) is 5.82. The molecule has 3 heteroatoms. The van der Waals surface area contributed by atoms with Gasteiger partial charge in [0.15, 0.2) is 0 Å². The lowest BCUT2D eigenvalue weighted by Crippen LogP contribution is -2.41. The molecule has 16 heavy (non-hydrogen) atoms. The highest BCUT2D eigenvalue weighted by atomic mass is 79.9. The van der Waals surface area contributed by atoms with Crippen LogP contribution in [0.25, 0.3) is 0 Å². The fourth-order valence-electron chi connectivity index (χ4n) is 2.03. The summed E-state index contributed by atoms with van der Waals surface area (Å²) in [4.78, 5) is 2.48. The van der Waals surface area contributed by atoms with Crippen molar-refractivity contribution in [1.29, 1.82) is 0 Å². The average molecular weight is 284 g/mol. The Morgan fingerprint density at radius 2 is 2.12 bits per heavy atom. The lowest BCUT2D eigenvalue weighted by molar-refractivity contribution is -0.0177. The van der Waals surface area contributed by atoms with Gasteiger partial charge in [0.25, 0.3) is 0 Å². The van der Waals surface area contributed by atoms with Crippen molar-refractivity contribution in [2.24, 2.45) is 0 Å². The number of nitrogens with zero attached hydrogens (tertiary/aromatic N) is 1. The van der Waals surface area contributed by atoms with Crippen LogP contribution in [0.5, 0.6) is 0 Å². The van der Waals surface area contributed by atoms with Crippen LogP contribution in [-0.2, 0) is 11.2 Å². The van der Waals surface area contributed by atoms with Crippen LogP contribution in [0.1, 0.15) is 12.5 Å². The van der Waals surface area contributed by atoms with E-state index >= 15 is 0 Å². The van der Waals surface area contributed by atoms with E-state index in [0.29, 0.717) is 6.10 Å². The average Bonchev–Trinajstić information content (AvgIpc) is 2.28. The third-order valence-corrected chi connectivity index (χ3v) is 3.48. The first-order chi connectivity index (χ1) is 7.74. The zero-order chi connectivity index (χ0) is 11.4. The summed E-state index contributed by atoms with van der Waals surface area (Å²) < 4.78 is 6.68. The van der Waals surface area contributed by atoms with Gasteiger partial charge in [0.2, 0.25) is 0 Å². The summed E-state index contributed by atoms with van der Waals surface area (Å²) in [6, 6.07) is 8.59. The van der Waals surface area contributed by atoms with Gasteiger partial charge in [-0.2, -0.15) is 0 Å². The van der Waals surface area contributed by atoms with E-state index < -0.39 is 0 Å². The minimum atomic E-state index is 0.388. The number of halogens is 1. The Balaban J connectivity index is 1.80. The van der Waals surface area contributed by atoms with Gasteiger partial charge in [-0.3, -0.25) is 4.90 Å². The van der Waals surface area contributed by atoms with Crippen LogP contribution in [0.2, 0.25) is 0 Å². The van der Waals surface area contributed by atoms with Gasteiger partial charge in [0.05, 0.1) is 12.7 Å². The van der Waals surface area contributed by atoms with Crippen LogP contribution in [0.4, 0.5) is 0 Å². The Morgan fingerprint density at radius 3 is 2.81 bits per heavy atom. The first kappa shape index (κ1) is 12.1. The molecule has 1 aromatic rings. The molecule has 0 bridgehead atoms. The van der Waals surface area contributed by atoms with E-state index in [1.54, 1.807) is 0 Å². The Bertz CT molecular complexity index is 325. The molecule has 1 aliphatic rings. The monoisotopic (exact) mass is 283 g/mol. The highest BCUT2D eigenvalue weighted by Gasteiger charge is 2.15. The van der Waals surface area contributed by atoms with Crippen LogP contribution in [0.15, 0.2) is 28.7 Å². The molecule has 0 aliphatic carbocycles. The topological polar surface area (TPSA) is 12.5 Å². The molecule has 0 N–H and O–H groups in total. The van der Waals surface area contributed by atoms with Gasteiger partial charge in [0, 0.05) is 24.1 Å². The number of rotatable bonds is 3. The molecule has 0 saturated carbocycles. The Morgan fingerprint density at radius 1 is 1.38 bits per heavy atom. The summed E-state index contributed by atoms with van der Waals surface area (Å²) in [7, 11) is 0. The van der Waals surface area contributed by atoms with Gasteiger partial charge in [-0.05, 0) is 31.0 Å².